The Morgan fingerprint density at radius 2 is 1.57 bits per heavy atom. The van der Waals surface area contributed by atoms with Crippen LogP contribution in [0.5, 0.6) is 0 Å². The minimum absolute atomic E-state index is 0.394. The molecule has 2 rings (SSSR count). The van der Waals surface area contributed by atoms with Crippen molar-refractivity contribution < 1.29 is 4.39 Å². The fourth-order valence-corrected chi connectivity index (χ4v) is 4.76. The molecule has 0 heterocycles. The van der Waals surface area contributed by atoms with Gasteiger partial charge in [0.05, 0.1) is 0 Å². The van der Waals surface area contributed by atoms with Crippen LogP contribution in [0.1, 0.15) is 85.5 Å². The topological polar surface area (TPSA) is 0 Å². The van der Waals surface area contributed by atoms with Gasteiger partial charge in [0.15, 0.2) is 0 Å². The molecule has 0 nitrogen and oxygen atoms in total. The zero-order valence-electron chi connectivity index (χ0n) is 14.8. The molecule has 0 aromatic carbocycles. The van der Waals surface area contributed by atoms with Crippen molar-refractivity contribution in [1.29, 1.82) is 0 Å². The SMILES string of the molecule is CC(C)CCC(C)C1CCC(C2CCC(C)CC2)C(F)C1. The number of rotatable bonds is 5. The van der Waals surface area contributed by atoms with Gasteiger partial charge in [0, 0.05) is 0 Å². The van der Waals surface area contributed by atoms with Gasteiger partial charge in [-0.15, -0.1) is 0 Å². The van der Waals surface area contributed by atoms with Crippen LogP contribution in [0, 0.1) is 35.5 Å². The van der Waals surface area contributed by atoms with Crippen LogP contribution in [-0.2, 0) is 0 Å². The quantitative estimate of drug-likeness (QED) is 0.533. The van der Waals surface area contributed by atoms with Crippen LogP contribution in [0.2, 0.25) is 0 Å². The summed E-state index contributed by atoms with van der Waals surface area (Å²) in [4.78, 5) is 0. The second-order valence-electron chi connectivity index (χ2n) is 8.72. The summed E-state index contributed by atoms with van der Waals surface area (Å²) in [5.41, 5.74) is 0. The lowest BCUT2D eigenvalue weighted by atomic mass is 9.66. The van der Waals surface area contributed by atoms with Crippen LogP contribution < -0.4 is 0 Å². The van der Waals surface area contributed by atoms with E-state index in [0.717, 1.165) is 30.6 Å². The molecule has 1 heteroatoms. The van der Waals surface area contributed by atoms with Crippen molar-refractivity contribution >= 4 is 0 Å². The first-order valence-electron chi connectivity index (χ1n) is 9.61. The highest BCUT2D eigenvalue weighted by Crippen LogP contribution is 2.44. The van der Waals surface area contributed by atoms with E-state index in [1.165, 1.54) is 44.9 Å². The summed E-state index contributed by atoms with van der Waals surface area (Å²) in [7, 11) is 0. The minimum Gasteiger partial charge on any atom is -0.247 e. The van der Waals surface area contributed by atoms with Crippen LogP contribution in [0.25, 0.3) is 0 Å². The number of hydrogen-bond donors (Lipinski definition) is 0. The van der Waals surface area contributed by atoms with Crippen molar-refractivity contribution in [3.63, 3.8) is 0 Å². The molecule has 4 unspecified atom stereocenters. The third kappa shape index (κ3) is 4.96. The Bertz CT molecular complexity index is 290. The molecule has 2 fully saturated rings. The molecule has 2 saturated carbocycles. The average Bonchev–Trinajstić information content (AvgIpc) is 2.45. The largest absolute Gasteiger partial charge is 0.247 e. The van der Waals surface area contributed by atoms with Gasteiger partial charge in [0.2, 0.25) is 0 Å². The minimum atomic E-state index is -0.511. The first kappa shape index (κ1) is 17.3. The van der Waals surface area contributed by atoms with Crippen LogP contribution in [-0.4, -0.2) is 6.17 Å². The summed E-state index contributed by atoms with van der Waals surface area (Å²) >= 11 is 0. The predicted octanol–water partition coefficient (Wildman–Crippen LogP) is 6.64. The molecule has 0 saturated heterocycles. The van der Waals surface area contributed by atoms with Crippen LogP contribution in [0.3, 0.4) is 0 Å². The van der Waals surface area contributed by atoms with Gasteiger partial charge in [-0.2, -0.15) is 0 Å². The van der Waals surface area contributed by atoms with Crippen molar-refractivity contribution in [2.75, 3.05) is 0 Å². The van der Waals surface area contributed by atoms with E-state index in [4.69, 9.17) is 0 Å². The van der Waals surface area contributed by atoms with Crippen molar-refractivity contribution in [2.24, 2.45) is 35.5 Å². The maximum atomic E-state index is 14.7. The van der Waals surface area contributed by atoms with Crippen LogP contribution in [0.4, 0.5) is 4.39 Å². The summed E-state index contributed by atoms with van der Waals surface area (Å²) in [6, 6.07) is 0. The molecule has 0 aromatic rings. The zero-order chi connectivity index (χ0) is 15.4. The van der Waals surface area contributed by atoms with Gasteiger partial charge in [0.1, 0.15) is 6.17 Å². The normalized spacial score (nSPS) is 39.4. The fourth-order valence-electron chi connectivity index (χ4n) is 4.76. The summed E-state index contributed by atoms with van der Waals surface area (Å²) in [6.07, 6.45) is 10.6. The van der Waals surface area contributed by atoms with Gasteiger partial charge in [-0.1, -0.05) is 53.4 Å². The molecule has 2 aliphatic carbocycles. The molecule has 124 valence electrons. The van der Waals surface area contributed by atoms with Gasteiger partial charge in [0.25, 0.3) is 0 Å². The Balaban J connectivity index is 1.78. The van der Waals surface area contributed by atoms with E-state index in [-0.39, 0.29) is 0 Å². The Labute approximate surface area is 132 Å². The first-order valence-corrected chi connectivity index (χ1v) is 9.61. The third-order valence-electron chi connectivity index (χ3n) is 6.53. The van der Waals surface area contributed by atoms with E-state index in [2.05, 4.69) is 27.7 Å². The Morgan fingerprint density at radius 1 is 0.905 bits per heavy atom. The molecule has 0 spiro atoms. The van der Waals surface area contributed by atoms with Gasteiger partial charge in [-0.05, 0) is 67.6 Å². The van der Waals surface area contributed by atoms with E-state index >= 15 is 0 Å². The monoisotopic (exact) mass is 296 g/mol. The molecule has 0 radical (unpaired) electrons. The fraction of sp³-hybridized carbons (Fsp3) is 1.00. The van der Waals surface area contributed by atoms with E-state index < -0.39 is 6.17 Å². The van der Waals surface area contributed by atoms with Crippen molar-refractivity contribution in [3.05, 3.63) is 0 Å². The molecular weight excluding hydrogens is 259 g/mol. The highest BCUT2D eigenvalue weighted by atomic mass is 19.1. The molecule has 21 heavy (non-hydrogen) atoms. The highest BCUT2D eigenvalue weighted by molar-refractivity contribution is 4.88. The number of halogens is 1. The zero-order valence-corrected chi connectivity index (χ0v) is 14.8. The summed E-state index contributed by atoms with van der Waals surface area (Å²) in [6.45, 7) is 9.32. The smallest absolute Gasteiger partial charge is 0.103 e. The van der Waals surface area contributed by atoms with E-state index in [1.54, 1.807) is 0 Å². The maximum absolute atomic E-state index is 14.7. The second-order valence-corrected chi connectivity index (χ2v) is 8.72. The van der Waals surface area contributed by atoms with Crippen LogP contribution in [0.15, 0.2) is 0 Å². The molecule has 0 bridgehead atoms. The van der Waals surface area contributed by atoms with Gasteiger partial charge < -0.3 is 0 Å². The second kappa shape index (κ2) is 7.97. The summed E-state index contributed by atoms with van der Waals surface area (Å²) in [5, 5.41) is 0. The van der Waals surface area contributed by atoms with Crippen LogP contribution >= 0.6 is 0 Å². The standard InChI is InChI=1S/C20H37F/c1-14(2)5-8-16(4)18-11-12-19(20(21)13-18)17-9-6-15(3)7-10-17/h14-20H,5-13H2,1-4H3. The van der Waals surface area contributed by atoms with Gasteiger partial charge >= 0.3 is 0 Å². The lowest BCUT2D eigenvalue weighted by molar-refractivity contribution is 0.0445. The molecule has 2 aliphatic rings. The highest BCUT2D eigenvalue weighted by Gasteiger charge is 2.38. The van der Waals surface area contributed by atoms with Gasteiger partial charge in [-0.3, -0.25) is 0 Å². The predicted molar refractivity (Wildman–Crippen MR) is 90.1 cm³/mol. The third-order valence-corrected chi connectivity index (χ3v) is 6.53. The average molecular weight is 297 g/mol. The van der Waals surface area contributed by atoms with Crippen molar-refractivity contribution in [3.8, 4) is 0 Å². The summed E-state index contributed by atoms with van der Waals surface area (Å²) in [5.74, 6) is 4.13. The Hall–Kier alpha value is -0.0700. The van der Waals surface area contributed by atoms with E-state index in [0.29, 0.717) is 17.8 Å². The molecule has 0 aliphatic heterocycles. The first-order chi connectivity index (χ1) is 9.97. The van der Waals surface area contributed by atoms with E-state index in [1.807, 2.05) is 0 Å². The lowest BCUT2D eigenvalue weighted by Crippen LogP contribution is -2.35. The maximum Gasteiger partial charge on any atom is 0.103 e. The van der Waals surface area contributed by atoms with Crippen molar-refractivity contribution in [2.45, 2.75) is 91.7 Å². The Morgan fingerprint density at radius 3 is 2.14 bits per heavy atom. The molecule has 0 N–H and O–H groups in total. The van der Waals surface area contributed by atoms with Crippen molar-refractivity contribution in [1.82, 2.24) is 0 Å². The number of hydrogen-bond acceptors (Lipinski definition) is 0. The molecule has 0 aromatic heterocycles. The summed E-state index contributed by atoms with van der Waals surface area (Å²) < 4.78 is 14.7. The van der Waals surface area contributed by atoms with Gasteiger partial charge in [-0.25, -0.2) is 4.39 Å². The molecular formula is C20H37F. The lowest BCUT2D eigenvalue weighted by Gasteiger charge is -2.41. The van der Waals surface area contributed by atoms with E-state index in [9.17, 15) is 4.39 Å². The molecule has 0 amide bonds. The molecule has 4 atom stereocenters. The Kier molecular flexibility index (Phi) is 6.56. The number of alkyl halides is 1.